The molecule has 1 amide bonds. The topological polar surface area (TPSA) is 99.5 Å². The van der Waals surface area contributed by atoms with Gasteiger partial charge in [0.25, 0.3) is 11.5 Å². The lowest BCUT2D eigenvalue weighted by Gasteiger charge is -2.02. The average Bonchev–Trinajstić information content (AvgIpc) is 2.73. The van der Waals surface area contributed by atoms with E-state index in [1.54, 1.807) is 6.92 Å². The van der Waals surface area contributed by atoms with E-state index in [1.165, 1.54) is 16.8 Å². The van der Waals surface area contributed by atoms with Gasteiger partial charge in [-0.15, -0.1) is 0 Å². The number of aromatic amines is 1. The van der Waals surface area contributed by atoms with Crippen LogP contribution in [0.4, 0.5) is 0 Å². The number of aliphatic hydroxyl groups excluding tert-OH is 1. The Morgan fingerprint density at radius 1 is 1.61 bits per heavy atom. The first-order chi connectivity index (χ1) is 8.63. The van der Waals surface area contributed by atoms with Gasteiger partial charge in [0, 0.05) is 31.1 Å². The fourth-order valence-corrected chi connectivity index (χ4v) is 1.64. The maximum absolute atomic E-state index is 11.8. The lowest BCUT2D eigenvalue weighted by molar-refractivity contribution is 0.0952. The van der Waals surface area contributed by atoms with E-state index >= 15 is 0 Å². The van der Waals surface area contributed by atoms with Crippen LogP contribution in [0.2, 0.25) is 0 Å². The first kappa shape index (κ1) is 12.3. The number of nitrogens with one attached hydrogen (secondary N) is 2. The number of aryl methyl sites for hydroxylation is 1. The van der Waals surface area contributed by atoms with Crippen LogP contribution in [-0.4, -0.2) is 38.8 Å². The number of rotatable bonds is 4. The van der Waals surface area contributed by atoms with Gasteiger partial charge in [0.1, 0.15) is 5.56 Å². The number of nitrogens with zero attached hydrogens (tertiary/aromatic N) is 2. The molecule has 0 unspecified atom stereocenters. The van der Waals surface area contributed by atoms with Crippen LogP contribution < -0.4 is 10.9 Å². The molecule has 0 saturated carbocycles. The highest BCUT2D eigenvalue weighted by Gasteiger charge is 2.14. The zero-order valence-corrected chi connectivity index (χ0v) is 9.93. The second kappa shape index (κ2) is 5.01. The molecule has 7 nitrogen and oxygen atoms in total. The van der Waals surface area contributed by atoms with Crippen molar-refractivity contribution >= 4 is 11.6 Å². The van der Waals surface area contributed by atoms with Crippen molar-refractivity contribution in [1.82, 2.24) is 19.9 Å². The van der Waals surface area contributed by atoms with Crippen molar-refractivity contribution in [1.29, 1.82) is 0 Å². The highest BCUT2D eigenvalue weighted by atomic mass is 16.3. The van der Waals surface area contributed by atoms with Crippen LogP contribution in [0.15, 0.2) is 17.1 Å². The third-order valence-electron chi connectivity index (χ3n) is 2.49. The number of carbonyl (C=O) groups is 1. The lowest BCUT2D eigenvalue weighted by Crippen LogP contribution is -2.25. The second-order valence-electron chi connectivity index (χ2n) is 3.91. The molecule has 0 radical (unpaired) electrons. The van der Waals surface area contributed by atoms with Gasteiger partial charge in [-0.1, -0.05) is 0 Å². The van der Waals surface area contributed by atoms with Gasteiger partial charge in [0.05, 0.1) is 0 Å². The van der Waals surface area contributed by atoms with E-state index < -0.39 is 0 Å². The summed E-state index contributed by atoms with van der Waals surface area (Å²) in [5.74, 6) is -0.320. The van der Waals surface area contributed by atoms with Crippen molar-refractivity contribution in [2.75, 3.05) is 13.2 Å². The molecule has 7 heteroatoms. The third-order valence-corrected chi connectivity index (χ3v) is 2.49. The maximum Gasteiger partial charge on any atom is 0.272 e. The van der Waals surface area contributed by atoms with Gasteiger partial charge in [0.15, 0.2) is 5.65 Å². The predicted molar refractivity (Wildman–Crippen MR) is 64.6 cm³/mol. The minimum Gasteiger partial charge on any atom is -0.396 e. The van der Waals surface area contributed by atoms with Crippen LogP contribution in [0.1, 0.15) is 22.5 Å². The minimum absolute atomic E-state index is 0.0188. The maximum atomic E-state index is 11.8. The quantitative estimate of drug-likeness (QED) is 0.633. The molecule has 0 aromatic carbocycles. The molecular formula is C11H14N4O3. The van der Waals surface area contributed by atoms with Gasteiger partial charge in [-0.05, 0) is 13.3 Å². The second-order valence-corrected chi connectivity index (χ2v) is 3.91. The number of hydrogen-bond donors (Lipinski definition) is 3. The number of carbonyl (C=O) groups excluding carboxylic acids is 1. The van der Waals surface area contributed by atoms with E-state index in [0.29, 0.717) is 29.9 Å². The first-order valence-electron chi connectivity index (χ1n) is 5.60. The number of amides is 1. The van der Waals surface area contributed by atoms with E-state index in [0.717, 1.165) is 0 Å². The van der Waals surface area contributed by atoms with E-state index in [2.05, 4.69) is 15.4 Å². The summed E-state index contributed by atoms with van der Waals surface area (Å²) in [4.78, 5) is 27.6. The number of fused-ring (bicyclic) bond motifs is 1. The first-order valence-corrected chi connectivity index (χ1v) is 5.60. The number of aromatic nitrogens is 3. The summed E-state index contributed by atoms with van der Waals surface area (Å²) in [5.41, 5.74) is 0.922. The van der Waals surface area contributed by atoms with E-state index in [-0.39, 0.29) is 18.1 Å². The molecule has 18 heavy (non-hydrogen) atoms. The van der Waals surface area contributed by atoms with Crippen LogP contribution in [0.5, 0.6) is 0 Å². The molecule has 0 aliphatic heterocycles. The molecule has 96 valence electrons. The Hall–Kier alpha value is -2.15. The molecule has 0 spiro atoms. The summed E-state index contributed by atoms with van der Waals surface area (Å²) in [6.07, 6.45) is 1.93. The van der Waals surface area contributed by atoms with Crippen LogP contribution in [0.3, 0.4) is 0 Å². The Morgan fingerprint density at radius 2 is 2.39 bits per heavy atom. The Labute approximate surface area is 102 Å². The molecule has 0 aliphatic rings. The predicted octanol–water partition coefficient (Wildman–Crippen LogP) is -0.557. The summed E-state index contributed by atoms with van der Waals surface area (Å²) in [5, 5.41) is 14.0. The van der Waals surface area contributed by atoms with Crippen LogP contribution >= 0.6 is 0 Å². The summed E-state index contributed by atoms with van der Waals surface area (Å²) in [6, 6.07) is 1.39. The molecule has 2 heterocycles. The summed E-state index contributed by atoms with van der Waals surface area (Å²) in [6.45, 7) is 2.09. The normalized spacial score (nSPS) is 10.8. The zero-order valence-electron chi connectivity index (χ0n) is 9.93. The van der Waals surface area contributed by atoms with Crippen molar-refractivity contribution in [2.45, 2.75) is 13.3 Å². The van der Waals surface area contributed by atoms with Crippen LogP contribution in [-0.2, 0) is 0 Å². The summed E-state index contributed by atoms with van der Waals surface area (Å²) >= 11 is 0. The van der Waals surface area contributed by atoms with Crippen molar-refractivity contribution < 1.29 is 9.90 Å². The molecule has 2 aromatic rings. The van der Waals surface area contributed by atoms with Crippen LogP contribution in [0, 0.1) is 6.92 Å². The molecule has 0 bridgehead atoms. The fraction of sp³-hybridized carbons (Fsp3) is 0.364. The van der Waals surface area contributed by atoms with Gasteiger partial charge in [-0.25, -0.2) is 9.50 Å². The Morgan fingerprint density at radius 3 is 3.11 bits per heavy atom. The van der Waals surface area contributed by atoms with Gasteiger partial charge >= 0.3 is 0 Å². The van der Waals surface area contributed by atoms with Gasteiger partial charge in [-0.3, -0.25) is 14.7 Å². The largest absolute Gasteiger partial charge is 0.396 e. The van der Waals surface area contributed by atoms with Crippen LogP contribution in [0.25, 0.3) is 5.65 Å². The number of hydrogen-bond acceptors (Lipinski definition) is 4. The van der Waals surface area contributed by atoms with Gasteiger partial charge in [-0.2, -0.15) is 0 Å². The van der Waals surface area contributed by atoms with Crippen molar-refractivity contribution in [3.05, 3.63) is 33.9 Å². The average molecular weight is 250 g/mol. The molecule has 0 aliphatic carbocycles. The standard InChI is InChI=1S/C11H14N4O3/c1-7-5-9(17)15-10(14-7)8(6-13-15)11(18)12-3-2-4-16/h5-6,13,16H,2-4H2,1H3,(H,12,18). The molecule has 0 atom stereocenters. The zero-order chi connectivity index (χ0) is 13.1. The van der Waals surface area contributed by atoms with E-state index in [9.17, 15) is 9.59 Å². The molecular weight excluding hydrogens is 236 g/mol. The summed E-state index contributed by atoms with van der Waals surface area (Å²) < 4.78 is 1.22. The Balaban J connectivity index is 2.34. The molecule has 3 N–H and O–H groups in total. The lowest BCUT2D eigenvalue weighted by atomic mass is 10.3. The monoisotopic (exact) mass is 250 g/mol. The fourth-order valence-electron chi connectivity index (χ4n) is 1.64. The third kappa shape index (κ3) is 2.25. The molecule has 2 rings (SSSR count). The Bertz CT molecular complexity index is 629. The summed E-state index contributed by atoms with van der Waals surface area (Å²) in [7, 11) is 0. The molecule has 0 saturated heterocycles. The molecule has 0 fully saturated rings. The van der Waals surface area contributed by atoms with E-state index in [4.69, 9.17) is 5.11 Å². The minimum atomic E-state index is -0.320. The Kier molecular flexibility index (Phi) is 3.42. The van der Waals surface area contributed by atoms with Crippen molar-refractivity contribution in [3.63, 3.8) is 0 Å². The number of aliphatic hydroxyl groups is 1. The smallest absolute Gasteiger partial charge is 0.272 e. The van der Waals surface area contributed by atoms with E-state index in [1.807, 2.05) is 0 Å². The molecule has 2 aromatic heterocycles. The van der Waals surface area contributed by atoms with Gasteiger partial charge in [0.2, 0.25) is 0 Å². The van der Waals surface area contributed by atoms with Crippen molar-refractivity contribution in [2.24, 2.45) is 0 Å². The van der Waals surface area contributed by atoms with Crippen molar-refractivity contribution in [3.8, 4) is 0 Å². The highest BCUT2D eigenvalue weighted by molar-refractivity contribution is 5.99. The SMILES string of the molecule is Cc1cc(=O)n2[nH]cc(C(=O)NCCCO)c2n1. The number of H-pyrrole nitrogens is 1. The highest BCUT2D eigenvalue weighted by Crippen LogP contribution is 2.06. The van der Waals surface area contributed by atoms with Gasteiger partial charge < -0.3 is 10.4 Å².